The van der Waals surface area contributed by atoms with Gasteiger partial charge in [0.25, 0.3) is 0 Å². The quantitative estimate of drug-likeness (QED) is 0.701. The number of carbonyl (C=O) groups is 2. The van der Waals surface area contributed by atoms with E-state index in [2.05, 4.69) is 29.6 Å². The van der Waals surface area contributed by atoms with Crippen molar-refractivity contribution in [1.82, 2.24) is 5.32 Å². The molecule has 2 aromatic rings. The molecule has 0 heterocycles. The number of aliphatic carboxylic acids is 1. The number of carboxylic acids is 1. The molecule has 5 heteroatoms. The van der Waals surface area contributed by atoms with Crippen molar-refractivity contribution in [2.45, 2.75) is 50.9 Å². The summed E-state index contributed by atoms with van der Waals surface area (Å²) in [7, 11) is 0. The van der Waals surface area contributed by atoms with Gasteiger partial charge in [-0.25, -0.2) is 4.79 Å². The maximum atomic E-state index is 12.5. The first-order valence-electron chi connectivity index (χ1n) is 10.9. The Morgan fingerprint density at radius 3 is 2.00 bits per heavy atom. The second-order valence-corrected chi connectivity index (χ2v) is 8.53. The lowest BCUT2D eigenvalue weighted by molar-refractivity contribution is -0.150. The van der Waals surface area contributed by atoms with E-state index in [0.29, 0.717) is 12.8 Å². The molecule has 1 amide bonds. The number of benzene rings is 2. The Labute approximate surface area is 177 Å². The van der Waals surface area contributed by atoms with E-state index in [1.54, 1.807) is 0 Å². The summed E-state index contributed by atoms with van der Waals surface area (Å²) in [5, 5.41) is 12.6. The molecule has 0 aliphatic heterocycles. The van der Waals surface area contributed by atoms with Crippen LogP contribution in [0, 0.1) is 5.41 Å². The summed E-state index contributed by atoms with van der Waals surface area (Å²) in [6.07, 6.45) is 5.71. The maximum absolute atomic E-state index is 12.5. The summed E-state index contributed by atoms with van der Waals surface area (Å²) in [6, 6.07) is 16.4. The predicted octanol–water partition coefficient (Wildman–Crippen LogP) is 5.34. The minimum atomic E-state index is -0.883. The van der Waals surface area contributed by atoms with Crippen molar-refractivity contribution in [3.05, 3.63) is 59.7 Å². The van der Waals surface area contributed by atoms with Gasteiger partial charge < -0.3 is 15.2 Å². The molecule has 4 rings (SSSR count). The molecule has 2 aliphatic carbocycles. The first-order chi connectivity index (χ1) is 14.6. The zero-order chi connectivity index (χ0) is 21.0. The number of amides is 1. The van der Waals surface area contributed by atoms with E-state index in [-0.39, 0.29) is 19.1 Å². The van der Waals surface area contributed by atoms with Gasteiger partial charge in [-0.1, -0.05) is 80.6 Å². The molecule has 158 valence electrons. The number of ether oxygens (including phenoxy) is 1. The monoisotopic (exact) mass is 407 g/mol. The smallest absolute Gasteiger partial charge is 0.407 e. The predicted molar refractivity (Wildman–Crippen MR) is 115 cm³/mol. The number of hydrogen-bond donors (Lipinski definition) is 2. The van der Waals surface area contributed by atoms with E-state index >= 15 is 0 Å². The maximum Gasteiger partial charge on any atom is 0.407 e. The Morgan fingerprint density at radius 1 is 0.900 bits per heavy atom. The standard InChI is InChI=1S/C25H29NO4/c27-23(28)25(14-8-2-1-3-9-15-25)17-26-24(29)30-16-22-20-12-6-4-10-18(20)19-11-5-7-13-21(19)22/h4-7,10-13,22H,1-3,8-9,14-17H2,(H,26,29)(H,27,28). The van der Waals surface area contributed by atoms with Crippen molar-refractivity contribution < 1.29 is 19.4 Å². The first-order valence-corrected chi connectivity index (χ1v) is 10.9. The molecule has 1 fully saturated rings. The van der Waals surface area contributed by atoms with Gasteiger partial charge in [-0.3, -0.25) is 4.79 Å². The largest absolute Gasteiger partial charge is 0.481 e. The van der Waals surface area contributed by atoms with Crippen molar-refractivity contribution in [2.24, 2.45) is 5.41 Å². The highest BCUT2D eigenvalue weighted by Crippen LogP contribution is 2.44. The van der Waals surface area contributed by atoms with Gasteiger partial charge in [-0.05, 0) is 35.1 Å². The molecule has 2 N–H and O–H groups in total. The van der Waals surface area contributed by atoms with Crippen LogP contribution in [0.3, 0.4) is 0 Å². The summed E-state index contributed by atoms with van der Waals surface area (Å²) in [5.41, 5.74) is 3.80. The number of carboxylic acid groups (broad SMARTS) is 1. The summed E-state index contributed by atoms with van der Waals surface area (Å²) >= 11 is 0. The average molecular weight is 408 g/mol. The lowest BCUT2D eigenvalue weighted by atomic mass is 9.76. The lowest BCUT2D eigenvalue weighted by Crippen LogP contribution is -2.43. The van der Waals surface area contributed by atoms with Crippen LogP contribution in [0.25, 0.3) is 11.1 Å². The lowest BCUT2D eigenvalue weighted by Gasteiger charge is -2.31. The van der Waals surface area contributed by atoms with Crippen LogP contribution in [0.5, 0.6) is 0 Å². The number of alkyl carbamates (subject to hydrolysis) is 1. The van der Waals surface area contributed by atoms with Crippen molar-refractivity contribution in [1.29, 1.82) is 0 Å². The Balaban J connectivity index is 1.40. The highest BCUT2D eigenvalue weighted by Gasteiger charge is 2.38. The molecule has 30 heavy (non-hydrogen) atoms. The van der Waals surface area contributed by atoms with Gasteiger partial charge in [-0.2, -0.15) is 0 Å². The van der Waals surface area contributed by atoms with Crippen LogP contribution in [0.15, 0.2) is 48.5 Å². The zero-order valence-electron chi connectivity index (χ0n) is 17.2. The summed E-state index contributed by atoms with van der Waals surface area (Å²) in [6.45, 7) is 0.360. The molecule has 2 aromatic carbocycles. The van der Waals surface area contributed by atoms with Crippen LogP contribution in [0.1, 0.15) is 62.0 Å². The third-order valence-electron chi connectivity index (χ3n) is 6.68. The second kappa shape index (κ2) is 8.90. The Bertz CT molecular complexity index is 869. The van der Waals surface area contributed by atoms with Gasteiger partial charge in [0, 0.05) is 12.5 Å². The molecular weight excluding hydrogens is 378 g/mol. The zero-order valence-corrected chi connectivity index (χ0v) is 17.2. The van der Waals surface area contributed by atoms with E-state index < -0.39 is 17.5 Å². The molecule has 2 aliphatic rings. The molecule has 0 atom stereocenters. The van der Waals surface area contributed by atoms with Gasteiger partial charge >= 0.3 is 12.1 Å². The third-order valence-corrected chi connectivity index (χ3v) is 6.68. The van der Waals surface area contributed by atoms with Crippen LogP contribution < -0.4 is 5.32 Å². The number of fused-ring (bicyclic) bond motifs is 3. The van der Waals surface area contributed by atoms with E-state index in [1.807, 2.05) is 24.3 Å². The fourth-order valence-electron chi connectivity index (χ4n) is 4.94. The van der Waals surface area contributed by atoms with E-state index in [0.717, 1.165) is 43.2 Å². The Hall–Kier alpha value is -2.82. The normalized spacial score (nSPS) is 17.9. The third kappa shape index (κ3) is 4.07. The fraction of sp³-hybridized carbons (Fsp3) is 0.440. The van der Waals surface area contributed by atoms with Crippen LogP contribution in [0.4, 0.5) is 4.79 Å². The minimum absolute atomic E-state index is 0.00187. The fourth-order valence-corrected chi connectivity index (χ4v) is 4.94. The van der Waals surface area contributed by atoms with Crippen LogP contribution in [-0.4, -0.2) is 30.3 Å². The van der Waals surface area contributed by atoms with Gasteiger partial charge in [-0.15, -0.1) is 0 Å². The molecule has 1 saturated carbocycles. The molecule has 5 nitrogen and oxygen atoms in total. The highest BCUT2D eigenvalue weighted by atomic mass is 16.5. The molecular formula is C25H29NO4. The number of hydrogen-bond acceptors (Lipinski definition) is 3. The average Bonchev–Trinajstić information content (AvgIpc) is 3.05. The van der Waals surface area contributed by atoms with Crippen LogP contribution >= 0.6 is 0 Å². The number of nitrogens with one attached hydrogen (secondary N) is 1. The molecule has 0 radical (unpaired) electrons. The minimum Gasteiger partial charge on any atom is -0.481 e. The van der Waals surface area contributed by atoms with E-state index in [1.165, 1.54) is 11.1 Å². The van der Waals surface area contributed by atoms with Crippen molar-refractivity contribution in [3.63, 3.8) is 0 Å². The Morgan fingerprint density at radius 2 is 1.43 bits per heavy atom. The van der Waals surface area contributed by atoms with Gasteiger partial charge in [0.15, 0.2) is 0 Å². The van der Waals surface area contributed by atoms with Crippen molar-refractivity contribution in [3.8, 4) is 11.1 Å². The summed E-state index contributed by atoms with van der Waals surface area (Å²) in [4.78, 5) is 24.5. The molecule has 0 unspecified atom stereocenters. The van der Waals surface area contributed by atoms with Gasteiger partial charge in [0.1, 0.15) is 6.61 Å². The summed E-state index contributed by atoms with van der Waals surface area (Å²) in [5.74, 6) is -0.818. The highest BCUT2D eigenvalue weighted by molar-refractivity contribution is 5.79. The number of carbonyl (C=O) groups excluding carboxylic acids is 1. The molecule has 0 aromatic heterocycles. The topological polar surface area (TPSA) is 75.6 Å². The molecule has 0 bridgehead atoms. The van der Waals surface area contributed by atoms with E-state index in [4.69, 9.17) is 4.74 Å². The Kier molecular flexibility index (Phi) is 6.07. The van der Waals surface area contributed by atoms with Gasteiger partial charge in [0.05, 0.1) is 5.41 Å². The first kappa shape index (κ1) is 20.5. The van der Waals surface area contributed by atoms with Gasteiger partial charge in [0.2, 0.25) is 0 Å². The van der Waals surface area contributed by atoms with Crippen LogP contribution in [0.2, 0.25) is 0 Å². The van der Waals surface area contributed by atoms with Crippen LogP contribution in [-0.2, 0) is 9.53 Å². The van der Waals surface area contributed by atoms with Crippen molar-refractivity contribution >= 4 is 12.1 Å². The summed E-state index contributed by atoms with van der Waals surface area (Å²) < 4.78 is 5.57. The second-order valence-electron chi connectivity index (χ2n) is 8.53. The van der Waals surface area contributed by atoms with E-state index in [9.17, 15) is 14.7 Å². The molecule has 0 saturated heterocycles. The number of rotatable bonds is 5. The SMILES string of the molecule is O=C(NCC1(C(=O)O)CCCCCCC1)OCC1c2ccccc2-c2ccccc21. The molecule has 0 spiro atoms. The van der Waals surface area contributed by atoms with Crippen molar-refractivity contribution in [2.75, 3.05) is 13.2 Å².